The van der Waals surface area contributed by atoms with Crippen LogP contribution in [0.3, 0.4) is 0 Å². The molecule has 8 heteroatoms. The molecular weight excluding hydrogens is 258 g/mol. The van der Waals surface area contributed by atoms with Crippen molar-refractivity contribution >= 4 is 16.1 Å². The summed E-state index contributed by atoms with van der Waals surface area (Å²) < 4.78 is 59.7. The minimum absolute atomic E-state index is 0.389. The van der Waals surface area contributed by atoms with E-state index < -0.39 is 27.9 Å². The summed E-state index contributed by atoms with van der Waals surface area (Å²) in [4.78, 5) is 10.7. The molecule has 0 aliphatic heterocycles. The fourth-order valence-corrected chi connectivity index (χ4v) is 1.17. The fraction of sp³-hybridized carbons (Fsp3) is 0.222. The van der Waals surface area contributed by atoms with Crippen LogP contribution < -0.4 is 0 Å². The van der Waals surface area contributed by atoms with Crippen molar-refractivity contribution in [3.63, 3.8) is 0 Å². The molecule has 0 heterocycles. The molecule has 0 aliphatic carbocycles. The smallest absolute Gasteiger partial charge is 0.428 e. The van der Waals surface area contributed by atoms with Gasteiger partial charge in [0.15, 0.2) is 10.1 Å². The van der Waals surface area contributed by atoms with E-state index >= 15 is 0 Å². The second kappa shape index (κ2) is 4.76. The summed E-state index contributed by atoms with van der Waals surface area (Å²) in [6.45, 7) is -0.537. The number of benzene rings is 1. The van der Waals surface area contributed by atoms with Crippen LogP contribution in [0.5, 0.6) is 0 Å². The van der Waals surface area contributed by atoms with Crippen molar-refractivity contribution < 1.29 is 31.3 Å². The standard InChI is InChI=1S/C9H8F2O5S/c10-9(11,17(13,14)15)8(12)16-6-7-4-2-1-3-5-7/h1-5H,6H2,(H,13,14,15)/p-1. The van der Waals surface area contributed by atoms with Gasteiger partial charge in [0.2, 0.25) is 0 Å². The van der Waals surface area contributed by atoms with E-state index in [0.29, 0.717) is 5.56 Å². The molecule has 0 aliphatic rings. The predicted molar refractivity (Wildman–Crippen MR) is 50.9 cm³/mol. The van der Waals surface area contributed by atoms with Gasteiger partial charge in [0.1, 0.15) is 6.61 Å². The molecule has 1 rings (SSSR count). The van der Waals surface area contributed by atoms with Crippen LogP contribution in [0.4, 0.5) is 8.78 Å². The lowest BCUT2D eigenvalue weighted by Gasteiger charge is -2.17. The lowest BCUT2D eigenvalue weighted by molar-refractivity contribution is -0.162. The van der Waals surface area contributed by atoms with E-state index in [1.165, 1.54) is 12.1 Å². The van der Waals surface area contributed by atoms with E-state index in [1.54, 1.807) is 18.2 Å². The Morgan fingerprint density at radius 3 is 2.29 bits per heavy atom. The van der Waals surface area contributed by atoms with Crippen molar-refractivity contribution in [2.45, 2.75) is 11.9 Å². The monoisotopic (exact) mass is 265 g/mol. The number of carbonyl (C=O) groups is 1. The molecular formula is C9H7F2O5S-. The highest BCUT2D eigenvalue weighted by molar-refractivity contribution is 7.87. The molecule has 0 amide bonds. The molecule has 0 saturated carbocycles. The molecule has 1 aromatic rings. The maximum absolute atomic E-state index is 12.7. The first kappa shape index (κ1) is 13.5. The van der Waals surface area contributed by atoms with Crippen molar-refractivity contribution in [2.75, 3.05) is 0 Å². The number of rotatable bonds is 4. The Kier molecular flexibility index (Phi) is 3.79. The van der Waals surface area contributed by atoms with E-state index in [-0.39, 0.29) is 0 Å². The number of hydrogen-bond acceptors (Lipinski definition) is 5. The van der Waals surface area contributed by atoms with Crippen LogP contribution >= 0.6 is 0 Å². The van der Waals surface area contributed by atoms with Gasteiger partial charge in [-0.25, -0.2) is 13.2 Å². The van der Waals surface area contributed by atoms with Gasteiger partial charge in [-0.2, -0.15) is 8.78 Å². The van der Waals surface area contributed by atoms with E-state index in [2.05, 4.69) is 4.74 Å². The fourth-order valence-electron chi connectivity index (χ4n) is 0.909. The van der Waals surface area contributed by atoms with Crippen molar-refractivity contribution in [3.8, 4) is 0 Å². The number of hydrogen-bond donors (Lipinski definition) is 0. The first-order chi connectivity index (χ1) is 7.75. The van der Waals surface area contributed by atoms with Gasteiger partial charge in [0.25, 0.3) is 0 Å². The summed E-state index contributed by atoms with van der Waals surface area (Å²) in [6, 6.07) is 7.77. The van der Waals surface area contributed by atoms with Crippen molar-refractivity contribution in [1.82, 2.24) is 0 Å². The molecule has 0 saturated heterocycles. The van der Waals surface area contributed by atoms with Crippen LogP contribution in [0, 0.1) is 0 Å². The largest absolute Gasteiger partial charge is 0.743 e. The van der Waals surface area contributed by atoms with Crippen LogP contribution in [0.15, 0.2) is 30.3 Å². The van der Waals surface area contributed by atoms with Gasteiger partial charge < -0.3 is 9.29 Å². The van der Waals surface area contributed by atoms with Gasteiger partial charge in [-0.05, 0) is 5.56 Å². The highest BCUT2D eigenvalue weighted by Gasteiger charge is 2.48. The second-order valence-corrected chi connectivity index (χ2v) is 4.45. The molecule has 0 N–H and O–H groups in total. The van der Waals surface area contributed by atoms with Gasteiger partial charge in [0, 0.05) is 0 Å². The van der Waals surface area contributed by atoms with Crippen LogP contribution in [0.25, 0.3) is 0 Å². The SMILES string of the molecule is O=C(OCc1ccccc1)C(F)(F)S(=O)(=O)[O-]. The predicted octanol–water partition coefficient (Wildman–Crippen LogP) is 0.868. The summed E-state index contributed by atoms with van der Waals surface area (Å²) in [5, 5.41) is -5.07. The molecule has 0 aromatic heterocycles. The van der Waals surface area contributed by atoms with Gasteiger partial charge in [-0.15, -0.1) is 0 Å². The molecule has 0 fully saturated rings. The van der Waals surface area contributed by atoms with Crippen LogP contribution in [-0.2, 0) is 26.3 Å². The maximum Gasteiger partial charge on any atom is 0.428 e. The summed E-state index contributed by atoms with van der Waals surface area (Å²) in [6.07, 6.45) is 0. The first-order valence-corrected chi connectivity index (χ1v) is 5.70. The number of carbonyl (C=O) groups excluding carboxylic acids is 1. The third-order valence-electron chi connectivity index (χ3n) is 1.76. The van der Waals surface area contributed by atoms with Gasteiger partial charge in [-0.3, -0.25) is 0 Å². The van der Waals surface area contributed by atoms with E-state index in [1.807, 2.05) is 0 Å². The lowest BCUT2D eigenvalue weighted by atomic mass is 10.2. The highest BCUT2D eigenvalue weighted by Crippen LogP contribution is 2.22. The minimum Gasteiger partial charge on any atom is -0.743 e. The lowest BCUT2D eigenvalue weighted by Crippen LogP contribution is -2.38. The maximum atomic E-state index is 12.7. The zero-order chi connectivity index (χ0) is 13.1. The van der Waals surface area contributed by atoms with Crippen molar-refractivity contribution in [1.29, 1.82) is 0 Å². The third kappa shape index (κ3) is 3.21. The number of ether oxygens (including phenoxy) is 1. The molecule has 0 spiro atoms. The van der Waals surface area contributed by atoms with Crippen molar-refractivity contribution in [2.24, 2.45) is 0 Å². The average Bonchev–Trinajstić information content (AvgIpc) is 2.25. The topological polar surface area (TPSA) is 83.5 Å². The molecule has 1 aromatic carbocycles. The Balaban J connectivity index is 2.69. The molecule has 17 heavy (non-hydrogen) atoms. The number of halogens is 2. The molecule has 0 bridgehead atoms. The van der Waals surface area contributed by atoms with Crippen LogP contribution in [0.1, 0.15) is 5.56 Å². The Bertz CT molecular complexity index is 497. The Hall–Kier alpha value is -1.54. The van der Waals surface area contributed by atoms with Crippen LogP contribution in [0.2, 0.25) is 0 Å². The van der Waals surface area contributed by atoms with E-state index in [4.69, 9.17) is 0 Å². The van der Waals surface area contributed by atoms with Gasteiger partial charge in [0.05, 0.1) is 0 Å². The highest BCUT2D eigenvalue weighted by atomic mass is 32.2. The third-order valence-corrected chi connectivity index (χ3v) is 2.56. The average molecular weight is 265 g/mol. The minimum atomic E-state index is -6.06. The molecule has 0 unspecified atom stereocenters. The summed E-state index contributed by atoms with van der Waals surface area (Å²) >= 11 is 0. The Labute approximate surface area is 95.8 Å². The second-order valence-electron chi connectivity index (χ2n) is 3.03. The molecule has 5 nitrogen and oxygen atoms in total. The number of alkyl halides is 2. The quantitative estimate of drug-likeness (QED) is 0.595. The number of esters is 1. The molecule has 0 atom stereocenters. The molecule has 0 radical (unpaired) electrons. The Morgan fingerprint density at radius 1 is 1.29 bits per heavy atom. The normalized spacial score (nSPS) is 12.2. The molecule has 94 valence electrons. The van der Waals surface area contributed by atoms with E-state index in [0.717, 1.165) is 0 Å². The summed E-state index contributed by atoms with van der Waals surface area (Å²) in [5.41, 5.74) is 0.389. The van der Waals surface area contributed by atoms with Crippen molar-refractivity contribution in [3.05, 3.63) is 35.9 Å². The first-order valence-electron chi connectivity index (χ1n) is 4.29. The zero-order valence-electron chi connectivity index (χ0n) is 8.30. The summed E-state index contributed by atoms with van der Waals surface area (Å²) in [5.74, 6) is -2.38. The van der Waals surface area contributed by atoms with Gasteiger partial charge >= 0.3 is 11.2 Å². The zero-order valence-corrected chi connectivity index (χ0v) is 9.12. The Morgan fingerprint density at radius 2 is 1.82 bits per heavy atom. The summed E-state index contributed by atoms with van der Waals surface area (Å²) in [7, 11) is -6.06. The van der Waals surface area contributed by atoms with Gasteiger partial charge in [-0.1, -0.05) is 30.3 Å². The van der Waals surface area contributed by atoms with E-state index in [9.17, 15) is 26.5 Å². The van der Waals surface area contributed by atoms with Crippen LogP contribution in [-0.4, -0.2) is 24.2 Å².